The first kappa shape index (κ1) is 24.9. The number of fused-ring (bicyclic) bond motifs is 2. The standard InChI is InChI=1S/C31H38N6O/c1-31(15-7-17-35(31)2)22-38-30-33-27-21-36(28-12-5-10-24-9-3-4-11-25(24)28)19-14-26(27)29(34-30)37-18-6-8-23(20-37)13-16-32/h3-5,9-12,23H,6-8,13-15,17-22H2,1-2H3/t23?,31-/m0/s1. The third-order valence-corrected chi connectivity index (χ3v) is 8.97. The Kier molecular flexibility index (Phi) is 6.84. The van der Waals surface area contributed by atoms with E-state index in [-0.39, 0.29) is 5.54 Å². The minimum atomic E-state index is 0.0113. The van der Waals surface area contributed by atoms with Crippen molar-refractivity contribution in [3.8, 4) is 12.1 Å². The van der Waals surface area contributed by atoms with E-state index in [4.69, 9.17) is 14.7 Å². The van der Waals surface area contributed by atoms with Gasteiger partial charge in [0.05, 0.1) is 23.8 Å². The fourth-order valence-electron chi connectivity index (χ4n) is 6.52. The third-order valence-electron chi connectivity index (χ3n) is 8.97. The van der Waals surface area contributed by atoms with Crippen LogP contribution in [0.1, 0.15) is 50.3 Å². The Morgan fingerprint density at radius 1 is 1.05 bits per heavy atom. The second kappa shape index (κ2) is 10.4. The maximum absolute atomic E-state index is 9.32. The van der Waals surface area contributed by atoms with Crippen molar-refractivity contribution in [3.05, 3.63) is 53.7 Å². The Hall–Kier alpha value is -3.37. The molecule has 1 unspecified atom stereocenters. The zero-order chi connectivity index (χ0) is 26.1. The van der Waals surface area contributed by atoms with E-state index in [0.717, 1.165) is 69.9 Å². The molecule has 198 valence electrons. The van der Waals surface area contributed by atoms with E-state index in [2.05, 4.69) is 77.2 Å². The topological polar surface area (TPSA) is 68.5 Å². The van der Waals surface area contributed by atoms with Crippen molar-refractivity contribution in [2.24, 2.45) is 5.92 Å². The van der Waals surface area contributed by atoms with Gasteiger partial charge in [0, 0.05) is 42.7 Å². The SMILES string of the molecule is CN1CCC[C@@]1(C)COc1nc2c(c(N3CCCC(CC#N)C3)n1)CCN(c1cccc3ccccc13)C2. The molecule has 1 aromatic heterocycles. The van der Waals surface area contributed by atoms with Crippen molar-refractivity contribution >= 4 is 22.3 Å². The summed E-state index contributed by atoms with van der Waals surface area (Å²) in [6, 6.07) is 18.0. The molecule has 0 bridgehead atoms. The van der Waals surface area contributed by atoms with Crippen LogP contribution in [0.2, 0.25) is 0 Å². The molecule has 4 heterocycles. The zero-order valence-corrected chi connectivity index (χ0v) is 22.7. The van der Waals surface area contributed by atoms with Crippen LogP contribution in [0.3, 0.4) is 0 Å². The first-order valence-electron chi connectivity index (χ1n) is 14.1. The number of aromatic nitrogens is 2. The molecule has 3 aliphatic rings. The molecule has 0 spiro atoms. The fourth-order valence-corrected chi connectivity index (χ4v) is 6.52. The number of likely N-dealkylation sites (N-methyl/N-ethyl adjacent to an activating group) is 1. The summed E-state index contributed by atoms with van der Waals surface area (Å²) in [4.78, 5) is 17.3. The minimum absolute atomic E-state index is 0.0113. The summed E-state index contributed by atoms with van der Waals surface area (Å²) < 4.78 is 6.39. The summed E-state index contributed by atoms with van der Waals surface area (Å²) >= 11 is 0. The van der Waals surface area contributed by atoms with Crippen LogP contribution in [0, 0.1) is 17.2 Å². The number of likely N-dealkylation sites (tertiary alicyclic amines) is 1. The Bertz CT molecular complexity index is 1350. The lowest BCUT2D eigenvalue weighted by atomic mass is 9.94. The molecule has 2 saturated heterocycles. The lowest BCUT2D eigenvalue weighted by molar-refractivity contribution is 0.107. The first-order valence-corrected chi connectivity index (χ1v) is 14.1. The van der Waals surface area contributed by atoms with Crippen LogP contribution < -0.4 is 14.5 Å². The van der Waals surface area contributed by atoms with E-state index in [0.29, 0.717) is 25.0 Å². The molecule has 3 aliphatic heterocycles. The summed E-state index contributed by atoms with van der Waals surface area (Å²) in [6.45, 7) is 7.48. The maximum Gasteiger partial charge on any atom is 0.318 e. The predicted molar refractivity (Wildman–Crippen MR) is 152 cm³/mol. The van der Waals surface area contributed by atoms with Gasteiger partial charge in [-0.2, -0.15) is 15.2 Å². The van der Waals surface area contributed by atoms with Crippen LogP contribution >= 0.6 is 0 Å². The van der Waals surface area contributed by atoms with Gasteiger partial charge in [-0.25, -0.2) is 0 Å². The van der Waals surface area contributed by atoms with Gasteiger partial charge >= 0.3 is 6.01 Å². The van der Waals surface area contributed by atoms with Crippen LogP contribution in [0.4, 0.5) is 11.5 Å². The smallest absolute Gasteiger partial charge is 0.318 e. The molecule has 2 aromatic carbocycles. The monoisotopic (exact) mass is 510 g/mol. The molecule has 0 N–H and O–H groups in total. The van der Waals surface area contributed by atoms with Crippen molar-refractivity contribution in [2.45, 2.75) is 57.5 Å². The molecule has 0 aliphatic carbocycles. The van der Waals surface area contributed by atoms with Gasteiger partial charge in [0.25, 0.3) is 0 Å². The highest BCUT2D eigenvalue weighted by atomic mass is 16.5. The van der Waals surface area contributed by atoms with Crippen LogP contribution in [0.5, 0.6) is 6.01 Å². The number of benzene rings is 2. The van der Waals surface area contributed by atoms with Crippen LogP contribution in [-0.2, 0) is 13.0 Å². The van der Waals surface area contributed by atoms with Gasteiger partial charge in [0.15, 0.2) is 0 Å². The Morgan fingerprint density at radius 3 is 2.76 bits per heavy atom. The molecule has 38 heavy (non-hydrogen) atoms. The Labute approximate surface area is 226 Å². The summed E-state index contributed by atoms with van der Waals surface area (Å²) in [5.41, 5.74) is 3.58. The predicted octanol–water partition coefficient (Wildman–Crippen LogP) is 5.19. The molecule has 2 fully saturated rings. The lowest BCUT2D eigenvalue weighted by Gasteiger charge is -2.37. The quantitative estimate of drug-likeness (QED) is 0.452. The number of hydrogen-bond donors (Lipinski definition) is 0. The van der Waals surface area contributed by atoms with Gasteiger partial charge in [-0.1, -0.05) is 36.4 Å². The van der Waals surface area contributed by atoms with E-state index < -0.39 is 0 Å². The van der Waals surface area contributed by atoms with Crippen molar-refractivity contribution in [2.75, 3.05) is 49.6 Å². The Morgan fingerprint density at radius 2 is 1.92 bits per heavy atom. The maximum atomic E-state index is 9.32. The fraction of sp³-hybridized carbons (Fsp3) is 0.516. The van der Waals surface area contributed by atoms with Crippen molar-refractivity contribution in [3.63, 3.8) is 0 Å². The minimum Gasteiger partial charge on any atom is -0.461 e. The first-order chi connectivity index (χ1) is 18.5. The molecule has 0 saturated carbocycles. The summed E-state index contributed by atoms with van der Waals surface area (Å²) in [5.74, 6) is 1.42. The molecule has 0 radical (unpaired) electrons. The molecule has 7 heteroatoms. The van der Waals surface area contributed by atoms with E-state index >= 15 is 0 Å². The van der Waals surface area contributed by atoms with Gasteiger partial charge in [-0.3, -0.25) is 4.90 Å². The molecule has 0 amide bonds. The molecular weight excluding hydrogens is 472 g/mol. The number of anilines is 2. The van der Waals surface area contributed by atoms with Crippen molar-refractivity contribution in [1.29, 1.82) is 5.26 Å². The average Bonchev–Trinajstić information content (AvgIpc) is 3.29. The van der Waals surface area contributed by atoms with Crippen LogP contribution in [-0.4, -0.2) is 60.2 Å². The number of rotatable bonds is 6. The van der Waals surface area contributed by atoms with E-state index in [1.165, 1.54) is 28.4 Å². The number of hydrogen-bond acceptors (Lipinski definition) is 7. The number of piperidine rings is 1. The van der Waals surface area contributed by atoms with Crippen molar-refractivity contribution in [1.82, 2.24) is 14.9 Å². The molecular formula is C31H38N6O. The van der Waals surface area contributed by atoms with Gasteiger partial charge < -0.3 is 14.5 Å². The van der Waals surface area contributed by atoms with Crippen LogP contribution in [0.15, 0.2) is 42.5 Å². The molecule has 7 nitrogen and oxygen atoms in total. The summed E-state index contributed by atoms with van der Waals surface area (Å²) in [7, 11) is 2.18. The molecule has 3 aromatic rings. The highest BCUT2D eigenvalue weighted by Crippen LogP contribution is 2.36. The summed E-state index contributed by atoms with van der Waals surface area (Å²) in [5, 5.41) is 11.9. The highest BCUT2D eigenvalue weighted by molar-refractivity contribution is 5.94. The zero-order valence-electron chi connectivity index (χ0n) is 22.7. The van der Waals surface area contributed by atoms with Gasteiger partial charge in [-0.05, 0) is 70.0 Å². The van der Waals surface area contributed by atoms with Gasteiger partial charge in [-0.15, -0.1) is 0 Å². The Balaban J connectivity index is 1.33. The number of nitriles is 1. The van der Waals surface area contributed by atoms with Crippen molar-refractivity contribution < 1.29 is 4.74 Å². The van der Waals surface area contributed by atoms with E-state index in [1.807, 2.05) is 0 Å². The van der Waals surface area contributed by atoms with E-state index in [1.54, 1.807) is 0 Å². The summed E-state index contributed by atoms with van der Waals surface area (Å²) in [6.07, 6.45) is 6.02. The number of ether oxygens (including phenoxy) is 1. The van der Waals surface area contributed by atoms with Gasteiger partial charge in [0.2, 0.25) is 0 Å². The van der Waals surface area contributed by atoms with Gasteiger partial charge in [0.1, 0.15) is 12.4 Å². The lowest BCUT2D eigenvalue weighted by Crippen LogP contribution is -2.44. The average molecular weight is 511 g/mol. The largest absolute Gasteiger partial charge is 0.461 e. The normalized spacial score (nSPS) is 23.9. The second-order valence-electron chi connectivity index (χ2n) is 11.6. The number of nitrogens with zero attached hydrogens (tertiary/aromatic N) is 6. The third kappa shape index (κ3) is 4.78. The molecule has 2 atom stereocenters. The highest BCUT2D eigenvalue weighted by Gasteiger charge is 2.35. The second-order valence-corrected chi connectivity index (χ2v) is 11.6. The van der Waals surface area contributed by atoms with E-state index in [9.17, 15) is 5.26 Å². The molecule has 6 rings (SSSR count). The van der Waals surface area contributed by atoms with Crippen LogP contribution in [0.25, 0.3) is 10.8 Å².